The molecule has 0 saturated carbocycles. The standard InChI is InChI=1S/C12H9BrF2N2O2S/c13-10-4-1-7(20-10)5-6-16-12-9(17(18)19)3-2-8(14)11(12)15/h1-4,16H,5-6H2. The van der Waals surface area contributed by atoms with Crippen molar-refractivity contribution in [3.05, 3.63) is 54.7 Å². The Balaban J connectivity index is 2.12. The molecule has 0 atom stereocenters. The average molecular weight is 363 g/mol. The summed E-state index contributed by atoms with van der Waals surface area (Å²) in [6.45, 7) is 0.272. The maximum absolute atomic E-state index is 13.6. The molecular weight excluding hydrogens is 354 g/mol. The minimum atomic E-state index is -1.23. The van der Waals surface area contributed by atoms with E-state index in [1.54, 1.807) is 0 Å². The molecule has 106 valence electrons. The number of halogens is 3. The second-order valence-corrected chi connectivity index (χ2v) is 6.44. The molecule has 0 radical (unpaired) electrons. The predicted molar refractivity (Wildman–Crippen MR) is 77.2 cm³/mol. The van der Waals surface area contributed by atoms with Gasteiger partial charge in [0.25, 0.3) is 5.69 Å². The van der Waals surface area contributed by atoms with Crippen LogP contribution in [0.2, 0.25) is 0 Å². The fourth-order valence-electron chi connectivity index (χ4n) is 1.66. The van der Waals surface area contributed by atoms with Gasteiger partial charge in [0.2, 0.25) is 0 Å². The Morgan fingerprint density at radius 2 is 2.05 bits per heavy atom. The zero-order chi connectivity index (χ0) is 14.7. The van der Waals surface area contributed by atoms with Crippen molar-refractivity contribution in [3.8, 4) is 0 Å². The lowest BCUT2D eigenvalue weighted by Crippen LogP contribution is -2.09. The predicted octanol–water partition coefficient (Wildman–Crippen LogP) is 4.35. The second-order valence-electron chi connectivity index (χ2n) is 3.90. The average Bonchev–Trinajstić information content (AvgIpc) is 2.80. The lowest BCUT2D eigenvalue weighted by atomic mass is 10.2. The molecule has 1 aromatic carbocycles. The first kappa shape index (κ1) is 14.9. The van der Waals surface area contributed by atoms with Crippen LogP contribution in [-0.4, -0.2) is 11.5 Å². The summed E-state index contributed by atoms with van der Waals surface area (Å²) in [7, 11) is 0. The molecule has 1 heterocycles. The zero-order valence-electron chi connectivity index (χ0n) is 10.0. The van der Waals surface area contributed by atoms with Gasteiger partial charge in [0, 0.05) is 17.5 Å². The van der Waals surface area contributed by atoms with Gasteiger partial charge in [0.15, 0.2) is 17.3 Å². The molecule has 8 heteroatoms. The largest absolute Gasteiger partial charge is 0.377 e. The van der Waals surface area contributed by atoms with Gasteiger partial charge in [-0.25, -0.2) is 8.78 Å². The summed E-state index contributed by atoms with van der Waals surface area (Å²) >= 11 is 4.84. The SMILES string of the molecule is O=[N+]([O-])c1ccc(F)c(F)c1NCCc1ccc(Br)s1. The first-order valence-electron chi connectivity index (χ1n) is 5.59. The normalized spacial score (nSPS) is 10.6. The van der Waals surface area contributed by atoms with Crippen molar-refractivity contribution < 1.29 is 13.7 Å². The van der Waals surface area contributed by atoms with Gasteiger partial charge in [-0.05, 0) is 40.5 Å². The van der Waals surface area contributed by atoms with Crippen LogP contribution in [0.1, 0.15) is 4.88 Å². The number of rotatable bonds is 5. The van der Waals surface area contributed by atoms with Crippen LogP contribution in [0.4, 0.5) is 20.2 Å². The Labute approximate surface area is 125 Å². The number of nitrogens with one attached hydrogen (secondary N) is 1. The van der Waals surface area contributed by atoms with Gasteiger partial charge >= 0.3 is 0 Å². The monoisotopic (exact) mass is 362 g/mol. The summed E-state index contributed by atoms with van der Waals surface area (Å²) in [6.07, 6.45) is 0.559. The van der Waals surface area contributed by atoms with Crippen molar-refractivity contribution in [1.29, 1.82) is 0 Å². The van der Waals surface area contributed by atoms with E-state index in [0.717, 1.165) is 20.8 Å². The van der Waals surface area contributed by atoms with Crippen LogP contribution in [0.25, 0.3) is 0 Å². The van der Waals surface area contributed by atoms with Crippen molar-refractivity contribution in [2.24, 2.45) is 0 Å². The van der Waals surface area contributed by atoms with E-state index in [0.29, 0.717) is 6.42 Å². The van der Waals surface area contributed by atoms with Gasteiger partial charge in [0.1, 0.15) is 0 Å². The summed E-state index contributed by atoms with van der Waals surface area (Å²) < 4.78 is 27.7. The molecule has 0 aliphatic heterocycles. The number of nitro groups is 1. The van der Waals surface area contributed by atoms with Crippen molar-refractivity contribution in [2.75, 3.05) is 11.9 Å². The Hall–Kier alpha value is -1.54. The molecule has 0 spiro atoms. The molecule has 4 nitrogen and oxygen atoms in total. The number of nitro benzene ring substituents is 1. The maximum Gasteiger partial charge on any atom is 0.295 e. The molecule has 0 aliphatic rings. The van der Waals surface area contributed by atoms with E-state index in [-0.39, 0.29) is 6.54 Å². The van der Waals surface area contributed by atoms with E-state index in [2.05, 4.69) is 21.2 Å². The van der Waals surface area contributed by atoms with Crippen molar-refractivity contribution in [3.63, 3.8) is 0 Å². The van der Waals surface area contributed by atoms with Crippen molar-refractivity contribution in [1.82, 2.24) is 0 Å². The summed E-state index contributed by atoms with van der Waals surface area (Å²) in [5.74, 6) is -2.34. The molecule has 0 bridgehead atoms. The smallest absolute Gasteiger partial charge is 0.295 e. The van der Waals surface area contributed by atoms with Crippen LogP contribution >= 0.6 is 27.3 Å². The molecule has 0 unspecified atom stereocenters. The minimum Gasteiger partial charge on any atom is -0.377 e. The highest BCUT2D eigenvalue weighted by Gasteiger charge is 2.21. The third kappa shape index (κ3) is 3.31. The fraction of sp³-hybridized carbons (Fsp3) is 0.167. The zero-order valence-corrected chi connectivity index (χ0v) is 12.4. The quantitative estimate of drug-likeness (QED) is 0.635. The van der Waals surface area contributed by atoms with Crippen molar-refractivity contribution in [2.45, 2.75) is 6.42 Å². The fourth-order valence-corrected chi connectivity index (χ4v) is 3.14. The third-order valence-electron chi connectivity index (χ3n) is 2.57. The third-order valence-corrected chi connectivity index (χ3v) is 4.25. The molecule has 0 saturated heterocycles. The van der Waals surface area contributed by atoms with Crippen LogP contribution in [0.3, 0.4) is 0 Å². The van der Waals surface area contributed by atoms with Crippen LogP contribution in [-0.2, 0) is 6.42 Å². The molecule has 0 fully saturated rings. The number of hydrogen-bond acceptors (Lipinski definition) is 4. The van der Waals surface area contributed by atoms with E-state index >= 15 is 0 Å². The number of thiophene rings is 1. The molecule has 20 heavy (non-hydrogen) atoms. The van der Waals surface area contributed by atoms with Crippen LogP contribution in [0.5, 0.6) is 0 Å². The lowest BCUT2D eigenvalue weighted by molar-refractivity contribution is -0.384. The maximum atomic E-state index is 13.6. The number of hydrogen-bond donors (Lipinski definition) is 1. The van der Waals surface area contributed by atoms with Crippen LogP contribution in [0, 0.1) is 21.7 Å². The highest BCUT2D eigenvalue weighted by Crippen LogP contribution is 2.29. The molecule has 1 aromatic heterocycles. The topological polar surface area (TPSA) is 55.2 Å². The number of benzene rings is 1. The highest BCUT2D eigenvalue weighted by molar-refractivity contribution is 9.11. The highest BCUT2D eigenvalue weighted by atomic mass is 79.9. The van der Waals surface area contributed by atoms with E-state index in [9.17, 15) is 18.9 Å². The minimum absolute atomic E-state index is 0.272. The molecular formula is C12H9BrF2N2O2S. The summed E-state index contributed by atoms with van der Waals surface area (Å²) in [5.41, 5.74) is -0.887. The molecule has 2 aromatic rings. The summed E-state index contributed by atoms with van der Waals surface area (Å²) in [5, 5.41) is 13.4. The summed E-state index contributed by atoms with van der Waals surface area (Å²) in [6, 6.07) is 5.47. The lowest BCUT2D eigenvalue weighted by Gasteiger charge is -2.08. The Morgan fingerprint density at radius 1 is 1.30 bits per heavy atom. The summed E-state index contributed by atoms with van der Waals surface area (Å²) in [4.78, 5) is 11.1. The Kier molecular flexibility index (Phi) is 4.66. The number of anilines is 1. The van der Waals surface area contributed by atoms with E-state index in [1.807, 2.05) is 12.1 Å². The van der Waals surface area contributed by atoms with E-state index < -0.39 is 27.9 Å². The van der Waals surface area contributed by atoms with Crippen LogP contribution in [0.15, 0.2) is 28.1 Å². The van der Waals surface area contributed by atoms with Gasteiger partial charge in [-0.1, -0.05) is 0 Å². The van der Waals surface area contributed by atoms with E-state index in [1.165, 1.54) is 11.3 Å². The molecule has 1 N–H and O–H groups in total. The molecule has 2 rings (SSSR count). The Morgan fingerprint density at radius 3 is 2.65 bits per heavy atom. The number of nitrogens with zero attached hydrogens (tertiary/aromatic N) is 1. The van der Waals surface area contributed by atoms with Gasteiger partial charge < -0.3 is 5.32 Å². The molecule has 0 aliphatic carbocycles. The Bertz CT molecular complexity index is 648. The van der Waals surface area contributed by atoms with Gasteiger partial charge in [-0.2, -0.15) is 0 Å². The first-order valence-corrected chi connectivity index (χ1v) is 7.20. The molecule has 0 amide bonds. The van der Waals surface area contributed by atoms with Crippen LogP contribution < -0.4 is 5.32 Å². The first-order chi connectivity index (χ1) is 9.49. The van der Waals surface area contributed by atoms with Crippen molar-refractivity contribution >= 4 is 38.6 Å². The van der Waals surface area contributed by atoms with Gasteiger partial charge in [0.05, 0.1) is 8.71 Å². The second kappa shape index (κ2) is 6.27. The van der Waals surface area contributed by atoms with E-state index in [4.69, 9.17) is 0 Å². The van der Waals surface area contributed by atoms with Gasteiger partial charge in [-0.3, -0.25) is 10.1 Å². The van der Waals surface area contributed by atoms with Gasteiger partial charge in [-0.15, -0.1) is 11.3 Å².